The zero-order valence-electron chi connectivity index (χ0n) is 9.15. The minimum Gasteiger partial charge on any atom is -0.348 e. The van der Waals surface area contributed by atoms with Crippen LogP contribution in [0, 0.1) is 5.41 Å². The molecule has 0 aromatic heterocycles. The molecule has 1 aliphatic carbocycles. The van der Waals surface area contributed by atoms with Crippen molar-refractivity contribution >= 4 is 5.91 Å². The number of hydrogen-bond donors (Lipinski definition) is 2. The molecule has 3 nitrogen and oxygen atoms in total. The highest BCUT2D eigenvalue weighted by molar-refractivity contribution is 5.83. The first kappa shape index (κ1) is 9.97. The molecule has 1 aliphatic heterocycles. The number of carbonyl (C=O) groups excluding carboxylic acids is 1. The van der Waals surface area contributed by atoms with Crippen LogP contribution < -0.4 is 10.6 Å². The summed E-state index contributed by atoms with van der Waals surface area (Å²) in [6.45, 7) is 6.04. The predicted molar refractivity (Wildman–Crippen MR) is 56.0 cm³/mol. The van der Waals surface area contributed by atoms with Gasteiger partial charge in [-0.1, -0.05) is 19.8 Å². The maximum atomic E-state index is 12.0. The summed E-state index contributed by atoms with van der Waals surface area (Å²) in [5, 5.41) is 6.37. The van der Waals surface area contributed by atoms with Crippen molar-refractivity contribution in [1.82, 2.24) is 10.6 Å². The van der Waals surface area contributed by atoms with Gasteiger partial charge in [-0.2, -0.15) is 0 Å². The van der Waals surface area contributed by atoms with E-state index in [-0.39, 0.29) is 16.9 Å². The fourth-order valence-corrected chi connectivity index (χ4v) is 2.40. The van der Waals surface area contributed by atoms with E-state index in [1.54, 1.807) is 0 Å². The minimum atomic E-state index is -0.0847. The van der Waals surface area contributed by atoms with E-state index in [0.29, 0.717) is 0 Å². The molecule has 1 saturated carbocycles. The van der Waals surface area contributed by atoms with Crippen molar-refractivity contribution in [3.05, 3.63) is 0 Å². The van der Waals surface area contributed by atoms with Crippen LogP contribution in [-0.2, 0) is 4.79 Å². The average Bonchev–Trinajstić information content (AvgIpc) is 2.51. The Labute approximate surface area is 85.6 Å². The van der Waals surface area contributed by atoms with Crippen LogP contribution in [0.1, 0.15) is 39.5 Å². The van der Waals surface area contributed by atoms with E-state index in [1.165, 1.54) is 12.8 Å². The van der Waals surface area contributed by atoms with E-state index in [2.05, 4.69) is 24.5 Å². The van der Waals surface area contributed by atoms with Gasteiger partial charge in [-0.15, -0.1) is 0 Å². The summed E-state index contributed by atoms with van der Waals surface area (Å²) in [7, 11) is 0. The number of amides is 1. The van der Waals surface area contributed by atoms with Crippen LogP contribution >= 0.6 is 0 Å². The van der Waals surface area contributed by atoms with Crippen molar-refractivity contribution in [1.29, 1.82) is 0 Å². The predicted octanol–water partition coefficient (Wildman–Crippen LogP) is 1.04. The van der Waals surface area contributed by atoms with E-state index in [0.717, 1.165) is 25.9 Å². The fourth-order valence-electron chi connectivity index (χ4n) is 2.40. The third-order valence-corrected chi connectivity index (χ3v) is 3.70. The topological polar surface area (TPSA) is 41.1 Å². The van der Waals surface area contributed by atoms with Crippen molar-refractivity contribution in [3.63, 3.8) is 0 Å². The second kappa shape index (κ2) is 3.23. The fraction of sp³-hybridized carbons (Fsp3) is 0.909. The minimum absolute atomic E-state index is 0.0166. The number of hydrogen-bond acceptors (Lipinski definition) is 2. The lowest BCUT2D eigenvalue weighted by molar-refractivity contribution is -0.132. The number of carbonyl (C=O) groups is 1. The van der Waals surface area contributed by atoms with Crippen molar-refractivity contribution in [3.8, 4) is 0 Å². The highest BCUT2D eigenvalue weighted by Gasteiger charge is 2.41. The standard InChI is InChI=1S/C11H20N2O/c1-10(5-3-4-6-10)9(14)13-11(2)7-12-8-11/h12H,3-8H2,1-2H3,(H,13,14). The van der Waals surface area contributed by atoms with Crippen LogP contribution in [0.5, 0.6) is 0 Å². The summed E-state index contributed by atoms with van der Waals surface area (Å²) >= 11 is 0. The van der Waals surface area contributed by atoms with Crippen LogP contribution in [0.4, 0.5) is 0 Å². The van der Waals surface area contributed by atoms with Gasteiger partial charge in [0.1, 0.15) is 0 Å². The monoisotopic (exact) mass is 196 g/mol. The van der Waals surface area contributed by atoms with Gasteiger partial charge in [0, 0.05) is 18.5 Å². The summed E-state index contributed by atoms with van der Waals surface area (Å²) < 4.78 is 0. The quantitative estimate of drug-likeness (QED) is 0.693. The number of rotatable bonds is 2. The molecule has 2 aliphatic rings. The smallest absolute Gasteiger partial charge is 0.226 e. The van der Waals surface area contributed by atoms with Crippen molar-refractivity contribution < 1.29 is 4.79 Å². The lowest BCUT2D eigenvalue weighted by Gasteiger charge is -2.42. The first-order valence-corrected chi connectivity index (χ1v) is 5.58. The van der Waals surface area contributed by atoms with Crippen LogP contribution in [0.2, 0.25) is 0 Å². The molecule has 1 amide bonds. The molecule has 0 aromatic carbocycles. The maximum absolute atomic E-state index is 12.0. The molecular formula is C11H20N2O. The van der Waals surface area contributed by atoms with Gasteiger partial charge in [0.05, 0.1) is 5.54 Å². The Morgan fingerprint density at radius 3 is 2.21 bits per heavy atom. The molecule has 0 radical (unpaired) electrons. The Balaban J connectivity index is 1.94. The van der Waals surface area contributed by atoms with E-state index in [1.807, 2.05) is 0 Å². The van der Waals surface area contributed by atoms with Crippen molar-refractivity contribution in [2.45, 2.75) is 45.1 Å². The van der Waals surface area contributed by atoms with Crippen molar-refractivity contribution in [2.75, 3.05) is 13.1 Å². The summed E-state index contributed by atoms with van der Waals surface area (Å²) in [6.07, 6.45) is 4.53. The normalized spacial score (nSPS) is 28.1. The van der Waals surface area contributed by atoms with Crippen LogP contribution in [0.3, 0.4) is 0 Å². The maximum Gasteiger partial charge on any atom is 0.226 e. The summed E-state index contributed by atoms with van der Waals surface area (Å²) in [5.41, 5.74) is -0.0682. The zero-order valence-corrected chi connectivity index (χ0v) is 9.15. The Morgan fingerprint density at radius 2 is 1.79 bits per heavy atom. The van der Waals surface area contributed by atoms with Gasteiger partial charge in [0.2, 0.25) is 5.91 Å². The molecular weight excluding hydrogens is 176 g/mol. The first-order valence-electron chi connectivity index (χ1n) is 5.58. The largest absolute Gasteiger partial charge is 0.348 e. The molecule has 1 heterocycles. The highest BCUT2D eigenvalue weighted by Crippen LogP contribution is 2.38. The Hall–Kier alpha value is -0.570. The summed E-state index contributed by atoms with van der Waals surface area (Å²) in [5.74, 6) is 0.263. The van der Waals surface area contributed by atoms with E-state index in [4.69, 9.17) is 0 Å². The van der Waals surface area contributed by atoms with E-state index in [9.17, 15) is 4.79 Å². The molecule has 0 atom stereocenters. The van der Waals surface area contributed by atoms with Crippen LogP contribution in [0.15, 0.2) is 0 Å². The molecule has 0 bridgehead atoms. The molecule has 2 fully saturated rings. The van der Waals surface area contributed by atoms with E-state index < -0.39 is 0 Å². The van der Waals surface area contributed by atoms with Gasteiger partial charge in [0.25, 0.3) is 0 Å². The Kier molecular flexibility index (Phi) is 2.30. The summed E-state index contributed by atoms with van der Waals surface area (Å²) in [6, 6.07) is 0. The van der Waals surface area contributed by atoms with Gasteiger partial charge in [0.15, 0.2) is 0 Å². The molecule has 1 saturated heterocycles. The second-order valence-corrected chi connectivity index (χ2v) is 5.39. The highest BCUT2D eigenvalue weighted by atomic mass is 16.2. The van der Waals surface area contributed by atoms with Crippen molar-refractivity contribution in [2.24, 2.45) is 5.41 Å². The van der Waals surface area contributed by atoms with Gasteiger partial charge in [-0.05, 0) is 19.8 Å². The van der Waals surface area contributed by atoms with Gasteiger partial charge in [-0.25, -0.2) is 0 Å². The number of nitrogens with one attached hydrogen (secondary N) is 2. The Bertz CT molecular complexity index is 240. The van der Waals surface area contributed by atoms with Crippen LogP contribution in [0.25, 0.3) is 0 Å². The van der Waals surface area contributed by atoms with Gasteiger partial charge >= 0.3 is 0 Å². The summed E-state index contributed by atoms with van der Waals surface area (Å²) in [4.78, 5) is 12.0. The average molecular weight is 196 g/mol. The first-order chi connectivity index (χ1) is 6.54. The molecule has 0 spiro atoms. The molecule has 3 heteroatoms. The zero-order chi connectivity index (χ0) is 10.2. The SMILES string of the molecule is CC1(NC(=O)C2(C)CCCC2)CNC1. The molecule has 14 heavy (non-hydrogen) atoms. The van der Waals surface area contributed by atoms with Gasteiger partial charge in [-0.3, -0.25) is 4.79 Å². The lowest BCUT2D eigenvalue weighted by Crippen LogP contribution is -2.68. The molecule has 2 N–H and O–H groups in total. The third kappa shape index (κ3) is 1.65. The lowest BCUT2D eigenvalue weighted by atomic mass is 9.85. The molecule has 80 valence electrons. The second-order valence-electron chi connectivity index (χ2n) is 5.39. The Morgan fingerprint density at radius 1 is 1.21 bits per heavy atom. The molecule has 0 unspecified atom stereocenters. The third-order valence-electron chi connectivity index (χ3n) is 3.70. The van der Waals surface area contributed by atoms with Crippen LogP contribution in [-0.4, -0.2) is 24.5 Å². The molecule has 2 rings (SSSR count). The molecule has 0 aromatic rings. The van der Waals surface area contributed by atoms with Gasteiger partial charge < -0.3 is 10.6 Å². The van der Waals surface area contributed by atoms with E-state index >= 15 is 0 Å².